The Morgan fingerprint density at radius 1 is 1.23 bits per heavy atom. The van der Waals surface area contributed by atoms with Crippen molar-refractivity contribution < 1.29 is 4.74 Å². The zero-order valence-corrected chi connectivity index (χ0v) is 13.3. The smallest absolute Gasteiger partial charge is 0.126 e. The molecule has 4 rings (SSSR count). The SMILES string of the molecule is c1ccc(N[C@H]2CCO[C@]3(CCN(C4CCCC4)C3)C2)nc1. The van der Waals surface area contributed by atoms with Crippen LogP contribution >= 0.6 is 0 Å². The van der Waals surface area contributed by atoms with Crippen LogP contribution in [-0.2, 0) is 4.74 Å². The van der Waals surface area contributed by atoms with Crippen molar-refractivity contribution in [3.05, 3.63) is 24.4 Å². The first-order valence-electron chi connectivity index (χ1n) is 8.89. The van der Waals surface area contributed by atoms with E-state index in [0.29, 0.717) is 6.04 Å². The standard InChI is InChI=1S/C18H27N3O/c1-2-6-16(5-1)21-11-9-18(14-21)13-15(8-12-22-18)20-17-7-3-4-10-19-17/h3-4,7,10,15-16H,1-2,5-6,8-9,11-14H2,(H,19,20)/t15-,18+/m0/s1. The highest BCUT2D eigenvalue weighted by molar-refractivity contribution is 5.34. The molecule has 1 aromatic heterocycles. The molecule has 3 aliphatic rings. The Morgan fingerprint density at radius 3 is 2.95 bits per heavy atom. The summed E-state index contributed by atoms with van der Waals surface area (Å²) in [6.07, 6.45) is 10.9. The average Bonchev–Trinajstić information content (AvgIpc) is 3.19. The Balaban J connectivity index is 1.38. The number of likely N-dealkylation sites (tertiary alicyclic amines) is 1. The van der Waals surface area contributed by atoms with Crippen LogP contribution in [0.1, 0.15) is 44.9 Å². The number of hydrogen-bond acceptors (Lipinski definition) is 4. The van der Waals surface area contributed by atoms with Gasteiger partial charge >= 0.3 is 0 Å². The number of hydrogen-bond donors (Lipinski definition) is 1. The zero-order chi connectivity index (χ0) is 14.8. The first-order chi connectivity index (χ1) is 10.8. The zero-order valence-electron chi connectivity index (χ0n) is 13.3. The molecule has 0 aromatic carbocycles. The fourth-order valence-corrected chi connectivity index (χ4v) is 4.55. The minimum Gasteiger partial charge on any atom is -0.373 e. The van der Waals surface area contributed by atoms with Gasteiger partial charge in [0.2, 0.25) is 0 Å². The quantitative estimate of drug-likeness (QED) is 0.931. The van der Waals surface area contributed by atoms with Crippen molar-refractivity contribution >= 4 is 5.82 Å². The van der Waals surface area contributed by atoms with Gasteiger partial charge in [-0.1, -0.05) is 18.9 Å². The van der Waals surface area contributed by atoms with Crippen molar-refractivity contribution in [2.45, 2.75) is 62.6 Å². The molecule has 0 amide bonds. The van der Waals surface area contributed by atoms with Crippen LogP contribution in [0.3, 0.4) is 0 Å². The van der Waals surface area contributed by atoms with E-state index in [2.05, 4.69) is 21.3 Å². The van der Waals surface area contributed by atoms with Crippen LogP contribution in [0.25, 0.3) is 0 Å². The summed E-state index contributed by atoms with van der Waals surface area (Å²) >= 11 is 0. The summed E-state index contributed by atoms with van der Waals surface area (Å²) in [7, 11) is 0. The Morgan fingerprint density at radius 2 is 2.14 bits per heavy atom. The number of aromatic nitrogens is 1. The minimum atomic E-state index is 0.0906. The number of rotatable bonds is 3. The summed E-state index contributed by atoms with van der Waals surface area (Å²) in [4.78, 5) is 7.11. The molecule has 1 aliphatic carbocycles. The maximum absolute atomic E-state index is 6.28. The molecule has 2 atom stereocenters. The molecule has 1 aromatic rings. The van der Waals surface area contributed by atoms with Gasteiger partial charge in [0.25, 0.3) is 0 Å². The Kier molecular flexibility index (Phi) is 4.05. The van der Waals surface area contributed by atoms with E-state index < -0.39 is 0 Å². The molecule has 2 aliphatic heterocycles. The van der Waals surface area contributed by atoms with Gasteiger partial charge in [-0.05, 0) is 44.2 Å². The van der Waals surface area contributed by atoms with Crippen LogP contribution < -0.4 is 5.32 Å². The predicted octanol–water partition coefficient (Wildman–Crippen LogP) is 3.06. The van der Waals surface area contributed by atoms with Gasteiger partial charge in [-0.2, -0.15) is 0 Å². The van der Waals surface area contributed by atoms with Crippen LogP contribution in [0.4, 0.5) is 5.82 Å². The third kappa shape index (κ3) is 2.99. The van der Waals surface area contributed by atoms with Crippen molar-refractivity contribution in [1.29, 1.82) is 0 Å². The molecule has 4 heteroatoms. The largest absolute Gasteiger partial charge is 0.373 e. The average molecular weight is 301 g/mol. The summed E-state index contributed by atoms with van der Waals surface area (Å²) in [6, 6.07) is 7.38. The summed E-state index contributed by atoms with van der Waals surface area (Å²) in [6.45, 7) is 3.24. The molecule has 3 heterocycles. The Labute approximate surface area is 133 Å². The minimum absolute atomic E-state index is 0.0906. The molecule has 2 saturated heterocycles. The molecule has 0 bridgehead atoms. The highest BCUT2D eigenvalue weighted by Gasteiger charge is 2.45. The molecule has 4 nitrogen and oxygen atoms in total. The third-order valence-corrected chi connectivity index (χ3v) is 5.70. The van der Waals surface area contributed by atoms with Gasteiger partial charge in [0.05, 0.1) is 5.60 Å². The summed E-state index contributed by atoms with van der Waals surface area (Å²) in [5, 5.41) is 3.61. The molecule has 0 radical (unpaired) electrons. The van der Waals surface area contributed by atoms with E-state index in [1.54, 1.807) is 0 Å². The molecule has 0 unspecified atom stereocenters. The fourth-order valence-electron chi connectivity index (χ4n) is 4.55. The van der Waals surface area contributed by atoms with Gasteiger partial charge in [0, 0.05) is 38.0 Å². The fraction of sp³-hybridized carbons (Fsp3) is 0.722. The Hall–Kier alpha value is -1.13. The van der Waals surface area contributed by atoms with E-state index in [9.17, 15) is 0 Å². The first kappa shape index (κ1) is 14.5. The topological polar surface area (TPSA) is 37.4 Å². The number of anilines is 1. The van der Waals surface area contributed by atoms with E-state index in [1.807, 2.05) is 18.3 Å². The molecule has 1 N–H and O–H groups in total. The summed E-state index contributed by atoms with van der Waals surface area (Å²) in [5.41, 5.74) is 0.0906. The van der Waals surface area contributed by atoms with Crippen molar-refractivity contribution in [1.82, 2.24) is 9.88 Å². The van der Waals surface area contributed by atoms with E-state index in [1.165, 1.54) is 38.6 Å². The Bertz CT molecular complexity index is 488. The normalized spacial score (nSPS) is 33.5. The highest BCUT2D eigenvalue weighted by atomic mass is 16.5. The second-order valence-electron chi connectivity index (χ2n) is 7.24. The number of pyridine rings is 1. The van der Waals surface area contributed by atoms with E-state index >= 15 is 0 Å². The number of nitrogens with zero attached hydrogens (tertiary/aromatic N) is 2. The van der Waals surface area contributed by atoms with Crippen LogP contribution in [0, 0.1) is 0 Å². The van der Waals surface area contributed by atoms with E-state index in [4.69, 9.17) is 4.74 Å². The third-order valence-electron chi connectivity index (χ3n) is 5.70. The van der Waals surface area contributed by atoms with Crippen LogP contribution in [0.5, 0.6) is 0 Å². The van der Waals surface area contributed by atoms with E-state index in [0.717, 1.165) is 37.9 Å². The lowest BCUT2D eigenvalue weighted by atomic mass is 9.89. The second kappa shape index (κ2) is 6.17. The summed E-state index contributed by atoms with van der Waals surface area (Å²) in [5.74, 6) is 0.996. The van der Waals surface area contributed by atoms with Gasteiger partial charge in [-0.25, -0.2) is 4.98 Å². The molecular formula is C18H27N3O. The number of ether oxygens (including phenoxy) is 1. The predicted molar refractivity (Wildman–Crippen MR) is 88.0 cm³/mol. The second-order valence-corrected chi connectivity index (χ2v) is 7.24. The molecule has 1 saturated carbocycles. The van der Waals surface area contributed by atoms with Crippen LogP contribution in [0.15, 0.2) is 24.4 Å². The molecule has 120 valence electrons. The summed E-state index contributed by atoms with van der Waals surface area (Å²) < 4.78 is 6.28. The number of nitrogens with one attached hydrogen (secondary N) is 1. The molecule has 1 spiro atoms. The van der Waals surface area contributed by atoms with Crippen molar-refractivity contribution in [3.63, 3.8) is 0 Å². The van der Waals surface area contributed by atoms with Crippen LogP contribution in [0.2, 0.25) is 0 Å². The van der Waals surface area contributed by atoms with Gasteiger partial charge in [0.15, 0.2) is 0 Å². The lowest BCUT2D eigenvalue weighted by Gasteiger charge is -2.39. The molecular weight excluding hydrogens is 274 g/mol. The molecule has 22 heavy (non-hydrogen) atoms. The van der Waals surface area contributed by atoms with Crippen LogP contribution in [-0.4, -0.2) is 47.3 Å². The van der Waals surface area contributed by atoms with Gasteiger partial charge in [-0.3, -0.25) is 4.90 Å². The van der Waals surface area contributed by atoms with Gasteiger partial charge < -0.3 is 10.1 Å². The van der Waals surface area contributed by atoms with Crippen molar-refractivity contribution in [2.75, 3.05) is 25.0 Å². The van der Waals surface area contributed by atoms with E-state index in [-0.39, 0.29) is 5.60 Å². The van der Waals surface area contributed by atoms with Crippen molar-refractivity contribution in [3.8, 4) is 0 Å². The monoisotopic (exact) mass is 301 g/mol. The highest BCUT2D eigenvalue weighted by Crippen LogP contribution is 2.38. The molecule has 3 fully saturated rings. The lowest BCUT2D eigenvalue weighted by Crippen LogP contribution is -2.47. The van der Waals surface area contributed by atoms with Crippen molar-refractivity contribution in [2.24, 2.45) is 0 Å². The maximum atomic E-state index is 6.28. The lowest BCUT2D eigenvalue weighted by molar-refractivity contribution is -0.0750. The van der Waals surface area contributed by atoms with Gasteiger partial charge in [0.1, 0.15) is 5.82 Å². The van der Waals surface area contributed by atoms with Gasteiger partial charge in [-0.15, -0.1) is 0 Å². The first-order valence-corrected chi connectivity index (χ1v) is 8.89. The maximum Gasteiger partial charge on any atom is 0.126 e.